The maximum absolute atomic E-state index is 13.6. The molecule has 5 aromatic rings. The molecule has 0 aliphatic heterocycles. The van der Waals surface area contributed by atoms with Crippen molar-refractivity contribution in [3.05, 3.63) is 69.8 Å². The van der Waals surface area contributed by atoms with E-state index in [4.69, 9.17) is 21.8 Å². The Balaban J connectivity index is 1.69. The van der Waals surface area contributed by atoms with Crippen LogP contribution in [0.3, 0.4) is 0 Å². The maximum Gasteiger partial charge on any atom is 0.265 e. The second-order valence-electron chi connectivity index (χ2n) is 7.57. The largest absolute Gasteiger partial charge is 0.421 e. The van der Waals surface area contributed by atoms with E-state index >= 15 is 0 Å². The lowest BCUT2D eigenvalue weighted by Crippen LogP contribution is -2.27. The van der Waals surface area contributed by atoms with Crippen molar-refractivity contribution in [2.45, 2.75) is 26.3 Å². The molecular weight excluding hydrogens is 458 g/mol. The van der Waals surface area contributed by atoms with E-state index in [0.29, 0.717) is 45.6 Å². The zero-order chi connectivity index (χ0) is 23.8. The molecule has 1 unspecified atom stereocenters. The molecule has 0 saturated heterocycles. The van der Waals surface area contributed by atoms with Gasteiger partial charge in [0.15, 0.2) is 0 Å². The number of fused-ring (bicyclic) bond motifs is 1. The third-order valence-electron chi connectivity index (χ3n) is 5.44. The van der Waals surface area contributed by atoms with Gasteiger partial charge in [0.25, 0.3) is 11.4 Å². The molecule has 0 radical (unpaired) electrons. The van der Waals surface area contributed by atoms with Gasteiger partial charge in [0.05, 0.1) is 28.3 Å². The average Bonchev–Trinajstić information content (AvgIpc) is 3.49. The number of nitrogens with two attached hydrogens (primary N) is 1. The van der Waals surface area contributed by atoms with Crippen LogP contribution in [0.1, 0.15) is 31.0 Å². The fraction of sp³-hybridized carbons (Fsp3) is 0.182. The highest BCUT2D eigenvalue weighted by Crippen LogP contribution is 2.33. The third kappa shape index (κ3) is 3.65. The quantitative estimate of drug-likeness (QED) is 0.332. The van der Waals surface area contributed by atoms with Gasteiger partial charge < -0.3 is 15.5 Å². The van der Waals surface area contributed by atoms with Crippen LogP contribution in [0.2, 0.25) is 5.02 Å². The smallest absolute Gasteiger partial charge is 0.265 e. The molecule has 1 aromatic carbocycles. The van der Waals surface area contributed by atoms with Gasteiger partial charge in [-0.3, -0.25) is 14.5 Å². The first-order valence-electron chi connectivity index (χ1n) is 10.5. The summed E-state index contributed by atoms with van der Waals surface area (Å²) in [5, 5.41) is 19.7. The molecule has 0 bridgehead atoms. The van der Waals surface area contributed by atoms with Crippen molar-refractivity contribution in [1.29, 1.82) is 0 Å². The zero-order valence-electron chi connectivity index (χ0n) is 18.3. The van der Waals surface area contributed by atoms with Crippen LogP contribution in [-0.2, 0) is 0 Å². The Bertz CT molecular complexity index is 1540. The van der Waals surface area contributed by atoms with Gasteiger partial charge in [0.2, 0.25) is 5.89 Å². The molecule has 0 aliphatic rings. The summed E-state index contributed by atoms with van der Waals surface area (Å²) in [6, 6.07) is 8.63. The maximum atomic E-state index is 13.6. The fourth-order valence-electron chi connectivity index (χ4n) is 3.88. The summed E-state index contributed by atoms with van der Waals surface area (Å²) in [5.74, 6) is 1.68. The molecular formula is C22H20ClN9O2. The van der Waals surface area contributed by atoms with Crippen molar-refractivity contribution < 1.29 is 4.42 Å². The number of nitrogen functional groups attached to an aromatic ring is 1. The molecule has 1 atom stereocenters. The number of hydrogen-bond donors (Lipinski definition) is 3. The van der Waals surface area contributed by atoms with Gasteiger partial charge >= 0.3 is 0 Å². The van der Waals surface area contributed by atoms with Gasteiger partial charge in [0, 0.05) is 13.0 Å². The Kier molecular flexibility index (Phi) is 5.46. The molecule has 4 N–H and O–H groups in total. The summed E-state index contributed by atoms with van der Waals surface area (Å²) in [6.07, 6.45) is 3.53. The number of H-pyrrole nitrogens is 1. The van der Waals surface area contributed by atoms with Gasteiger partial charge in [0.1, 0.15) is 29.3 Å². The second-order valence-corrected chi connectivity index (χ2v) is 7.98. The number of hydrogen-bond acceptors (Lipinski definition) is 9. The summed E-state index contributed by atoms with van der Waals surface area (Å²) in [6.45, 7) is 3.67. The van der Waals surface area contributed by atoms with E-state index in [-0.39, 0.29) is 23.3 Å². The van der Waals surface area contributed by atoms with Crippen LogP contribution in [0.5, 0.6) is 0 Å². The number of aromatic nitrogens is 7. The predicted molar refractivity (Wildman–Crippen MR) is 128 cm³/mol. The lowest BCUT2D eigenvalue weighted by atomic mass is 10.0. The van der Waals surface area contributed by atoms with Gasteiger partial charge in [-0.15, -0.1) is 10.2 Å². The minimum absolute atomic E-state index is 0.187. The number of nitrogens with one attached hydrogen (secondary N) is 2. The highest BCUT2D eigenvalue weighted by Gasteiger charge is 2.24. The molecule has 5 rings (SSSR count). The topological polar surface area (TPSA) is 153 Å². The van der Waals surface area contributed by atoms with Gasteiger partial charge in [-0.1, -0.05) is 30.7 Å². The average molecular weight is 478 g/mol. The molecule has 4 heterocycles. The summed E-state index contributed by atoms with van der Waals surface area (Å²) >= 11 is 6.39. The molecule has 0 saturated carbocycles. The summed E-state index contributed by atoms with van der Waals surface area (Å²) in [4.78, 5) is 22.1. The van der Waals surface area contributed by atoms with E-state index in [1.807, 2.05) is 25.1 Å². The number of nitrogens with zero attached hydrogens (tertiary/aromatic N) is 6. The van der Waals surface area contributed by atoms with Crippen molar-refractivity contribution in [2.24, 2.45) is 0 Å². The number of aryl methyl sites for hydroxylation is 1. The minimum Gasteiger partial charge on any atom is -0.421 e. The van der Waals surface area contributed by atoms with Gasteiger partial charge in [-0.25, -0.2) is 9.97 Å². The monoisotopic (exact) mass is 477 g/mol. The van der Waals surface area contributed by atoms with Crippen molar-refractivity contribution in [3.63, 3.8) is 0 Å². The highest BCUT2D eigenvalue weighted by molar-refractivity contribution is 6.35. The first-order valence-corrected chi connectivity index (χ1v) is 10.9. The van der Waals surface area contributed by atoms with Crippen LogP contribution in [0.15, 0.2) is 52.1 Å². The minimum atomic E-state index is -0.364. The number of benzene rings is 1. The normalized spacial score (nSPS) is 12.2. The Labute approximate surface area is 198 Å². The molecule has 11 nitrogen and oxygen atoms in total. The molecule has 12 heteroatoms. The summed E-state index contributed by atoms with van der Waals surface area (Å²) in [5.41, 5.74) is 6.94. The van der Waals surface area contributed by atoms with Crippen molar-refractivity contribution in [1.82, 2.24) is 34.9 Å². The molecule has 0 aliphatic carbocycles. The SMILES string of the molecule is CCC(Nc1ncnc(N)c1-c1nnc(C)o1)c1cc2cccc(Cl)c2c(=O)n1-c1ccn[nH]1. The van der Waals surface area contributed by atoms with Crippen LogP contribution in [-0.4, -0.2) is 34.9 Å². The highest BCUT2D eigenvalue weighted by atomic mass is 35.5. The summed E-state index contributed by atoms with van der Waals surface area (Å²) in [7, 11) is 0. The van der Waals surface area contributed by atoms with Gasteiger partial charge in [-0.2, -0.15) is 5.10 Å². The molecule has 0 amide bonds. The Morgan fingerprint density at radius 1 is 1.26 bits per heavy atom. The number of rotatable bonds is 6. The molecule has 34 heavy (non-hydrogen) atoms. The van der Waals surface area contributed by atoms with E-state index in [1.54, 1.807) is 29.8 Å². The molecule has 0 spiro atoms. The number of anilines is 2. The predicted octanol–water partition coefficient (Wildman–Crippen LogP) is 3.66. The van der Waals surface area contributed by atoms with E-state index in [0.717, 1.165) is 5.39 Å². The first kappa shape index (κ1) is 21.6. The second kappa shape index (κ2) is 8.60. The van der Waals surface area contributed by atoms with E-state index in [2.05, 4.69) is 35.7 Å². The number of aromatic amines is 1. The lowest BCUT2D eigenvalue weighted by Gasteiger charge is -2.23. The molecule has 4 aromatic heterocycles. The lowest BCUT2D eigenvalue weighted by molar-refractivity contribution is 0.532. The van der Waals surface area contributed by atoms with Crippen molar-refractivity contribution in [3.8, 4) is 17.3 Å². The van der Waals surface area contributed by atoms with Crippen LogP contribution in [0, 0.1) is 6.92 Å². The first-order chi connectivity index (χ1) is 16.5. The third-order valence-corrected chi connectivity index (χ3v) is 5.76. The molecule has 0 fully saturated rings. The van der Waals surface area contributed by atoms with Crippen LogP contribution in [0.25, 0.3) is 28.0 Å². The molecule has 172 valence electrons. The van der Waals surface area contributed by atoms with Crippen LogP contribution < -0.4 is 16.6 Å². The van der Waals surface area contributed by atoms with Crippen molar-refractivity contribution >= 4 is 34.0 Å². The Morgan fingerprint density at radius 2 is 2.12 bits per heavy atom. The Morgan fingerprint density at radius 3 is 2.82 bits per heavy atom. The standard InChI is InChI=1S/C22H20ClN9O2/c1-3-14(28-20-18(19(24)25-10-26-20)21-31-29-11(2)34-21)15-9-12-5-4-6-13(23)17(12)22(33)32(15)16-7-8-27-30-16/h4-10,14H,3H2,1-2H3,(H,27,30)(H3,24,25,26,28). The van der Waals surface area contributed by atoms with E-state index < -0.39 is 0 Å². The van der Waals surface area contributed by atoms with E-state index in [1.165, 1.54) is 6.33 Å². The fourth-order valence-corrected chi connectivity index (χ4v) is 4.15. The number of pyridine rings is 1. The Hall–Kier alpha value is -4.25. The number of halogens is 1. The summed E-state index contributed by atoms with van der Waals surface area (Å²) < 4.78 is 7.14. The van der Waals surface area contributed by atoms with Crippen LogP contribution in [0.4, 0.5) is 11.6 Å². The van der Waals surface area contributed by atoms with E-state index in [9.17, 15) is 4.79 Å². The van der Waals surface area contributed by atoms with Gasteiger partial charge in [-0.05, 0) is 23.9 Å². The zero-order valence-corrected chi connectivity index (χ0v) is 19.0. The van der Waals surface area contributed by atoms with Crippen molar-refractivity contribution in [2.75, 3.05) is 11.1 Å². The van der Waals surface area contributed by atoms with Crippen LogP contribution >= 0.6 is 11.6 Å².